The number of nitrogens with one attached hydrogen (secondary N) is 2. The van der Waals surface area contributed by atoms with Gasteiger partial charge >= 0.3 is 0 Å². The van der Waals surface area contributed by atoms with E-state index in [1.165, 1.54) is 10.4 Å². The third kappa shape index (κ3) is 8.07. The zero-order valence-electron chi connectivity index (χ0n) is 25.3. The van der Waals surface area contributed by atoms with E-state index in [1.807, 2.05) is 75.4 Å². The maximum atomic E-state index is 16.0. The van der Waals surface area contributed by atoms with Gasteiger partial charge in [0.15, 0.2) is 5.82 Å². The maximum Gasteiger partial charge on any atom is 0.254 e. The lowest BCUT2D eigenvalue weighted by Gasteiger charge is -2.38. The molecule has 2 atom stereocenters. The van der Waals surface area contributed by atoms with Crippen LogP contribution < -0.4 is 19.7 Å². The van der Waals surface area contributed by atoms with Gasteiger partial charge in [-0.3, -0.25) is 18.2 Å². The molecule has 1 amide bonds. The fourth-order valence-corrected chi connectivity index (χ4v) is 7.00. The molecule has 8 nitrogen and oxygen atoms in total. The molecule has 5 N–H and O–H groups in total. The number of anilines is 1. The van der Waals surface area contributed by atoms with Crippen LogP contribution >= 0.6 is 10.8 Å². The lowest BCUT2D eigenvalue weighted by molar-refractivity contribution is 0.0810. The molecule has 0 radical (unpaired) electrons. The molecule has 1 saturated heterocycles. The monoisotopic (exact) mass is 613 g/mol. The number of ether oxygens (including phenoxy) is 1. The van der Waals surface area contributed by atoms with E-state index in [4.69, 9.17) is 4.74 Å². The van der Waals surface area contributed by atoms with Gasteiger partial charge in [0, 0.05) is 18.6 Å². The number of benzene rings is 3. The molecule has 1 aliphatic heterocycles. The van der Waals surface area contributed by atoms with E-state index in [9.17, 15) is 19.0 Å². The van der Waals surface area contributed by atoms with Gasteiger partial charge in [0.05, 0.1) is 36.3 Å². The van der Waals surface area contributed by atoms with Crippen LogP contribution in [-0.4, -0.2) is 58.2 Å². The largest absolute Gasteiger partial charge is 0.497 e. The third-order valence-corrected chi connectivity index (χ3v) is 9.84. The molecule has 0 bridgehead atoms. The second-order valence-electron chi connectivity index (χ2n) is 11.6. The molecular formula is C33H44FN3O5S. The molecule has 10 heteroatoms. The normalized spacial score (nSPS) is 16.9. The van der Waals surface area contributed by atoms with Crippen molar-refractivity contribution >= 4 is 22.4 Å². The van der Waals surface area contributed by atoms with Crippen molar-refractivity contribution in [3.05, 3.63) is 94.8 Å². The first kappa shape index (κ1) is 32.8. The Morgan fingerprint density at radius 2 is 1.84 bits per heavy atom. The fourth-order valence-electron chi connectivity index (χ4n) is 5.40. The third-order valence-electron chi connectivity index (χ3n) is 7.92. The molecule has 1 aliphatic rings. The minimum atomic E-state index is -3.16. The number of methoxy groups -OCH3 is 1. The fraction of sp³-hybridized carbons (Fsp3) is 0.424. The van der Waals surface area contributed by atoms with Crippen molar-refractivity contribution in [2.45, 2.75) is 64.1 Å². The van der Waals surface area contributed by atoms with Gasteiger partial charge in [-0.2, -0.15) is 0 Å². The summed E-state index contributed by atoms with van der Waals surface area (Å²) in [6.45, 7) is 6.43. The summed E-state index contributed by atoms with van der Waals surface area (Å²) in [4.78, 5) is 13.7. The maximum absolute atomic E-state index is 16.0. The van der Waals surface area contributed by atoms with Crippen molar-refractivity contribution in [1.82, 2.24) is 10.6 Å². The Hall–Kier alpha value is -3.15. The van der Waals surface area contributed by atoms with Crippen LogP contribution in [0.2, 0.25) is 0 Å². The molecule has 3 aromatic rings. The van der Waals surface area contributed by atoms with Crippen LogP contribution in [0.3, 0.4) is 0 Å². The Labute approximate surface area is 255 Å². The molecule has 3 aromatic carbocycles. The highest BCUT2D eigenvalue weighted by molar-refractivity contribution is 8.25. The number of aliphatic hydroxyl groups excluding tert-OH is 1. The zero-order chi connectivity index (χ0) is 31.2. The minimum absolute atomic E-state index is 0.0236. The average Bonchev–Trinajstić information content (AvgIpc) is 3.35. The van der Waals surface area contributed by atoms with Crippen molar-refractivity contribution < 1.29 is 28.1 Å². The number of aryl methyl sites for hydroxylation is 1. The van der Waals surface area contributed by atoms with Gasteiger partial charge in [-0.25, -0.2) is 4.39 Å². The second kappa shape index (κ2) is 14.1. The van der Waals surface area contributed by atoms with Crippen molar-refractivity contribution in [2.75, 3.05) is 30.3 Å². The predicted octanol–water partition coefficient (Wildman–Crippen LogP) is 5.89. The van der Waals surface area contributed by atoms with Gasteiger partial charge in [-0.15, -0.1) is 10.8 Å². The number of rotatable bonds is 13. The molecule has 1 fully saturated rings. The Morgan fingerprint density at radius 1 is 1.09 bits per heavy atom. The Kier molecular flexibility index (Phi) is 10.7. The summed E-state index contributed by atoms with van der Waals surface area (Å²) in [5, 5.41) is 17.7. The second-order valence-corrected chi connectivity index (χ2v) is 13.7. The van der Waals surface area contributed by atoms with Gasteiger partial charge in [0.1, 0.15) is 5.75 Å². The van der Waals surface area contributed by atoms with E-state index in [-0.39, 0.29) is 23.5 Å². The van der Waals surface area contributed by atoms with Crippen LogP contribution in [0.25, 0.3) is 0 Å². The van der Waals surface area contributed by atoms with Gasteiger partial charge < -0.3 is 20.5 Å². The molecule has 0 saturated carbocycles. The summed E-state index contributed by atoms with van der Waals surface area (Å²) in [6.07, 6.45) is 1.20. The van der Waals surface area contributed by atoms with Crippen molar-refractivity contribution in [1.29, 1.82) is 0 Å². The molecular weight excluding hydrogens is 569 g/mol. The van der Waals surface area contributed by atoms with Crippen LogP contribution in [0.15, 0.2) is 66.7 Å². The molecule has 4 rings (SSSR count). The summed E-state index contributed by atoms with van der Waals surface area (Å²) in [7, 11) is -1.55. The molecule has 43 heavy (non-hydrogen) atoms. The van der Waals surface area contributed by atoms with Crippen LogP contribution in [0.1, 0.15) is 60.7 Å². The first-order valence-electron chi connectivity index (χ1n) is 14.7. The highest BCUT2D eigenvalue weighted by atomic mass is 32.3. The summed E-state index contributed by atoms with van der Waals surface area (Å²) in [6, 6.07) is 19.6. The first-order valence-corrected chi connectivity index (χ1v) is 16.4. The number of carbonyl (C=O) groups is 1. The lowest BCUT2D eigenvalue weighted by atomic mass is 9.93. The Bertz CT molecular complexity index is 1390. The van der Waals surface area contributed by atoms with Crippen LogP contribution in [0, 0.1) is 5.82 Å². The number of hydrogen-bond acceptors (Lipinski definition) is 7. The van der Waals surface area contributed by atoms with E-state index in [0.29, 0.717) is 25.8 Å². The van der Waals surface area contributed by atoms with Crippen LogP contribution in [-0.2, 0) is 18.4 Å². The SMILES string of the molecule is CCCc1cc(C(=O)N[C@@H](Cc2ccccc2)[C@H](O)CNC(C)(C)c2cccc(OC)c2)c(F)c(N2CCCS2(O)O)c1. The first-order chi connectivity index (χ1) is 20.4. The number of carbonyl (C=O) groups excluding carboxylic acids is 1. The lowest BCUT2D eigenvalue weighted by Crippen LogP contribution is -2.51. The van der Waals surface area contributed by atoms with Crippen molar-refractivity contribution in [2.24, 2.45) is 0 Å². The topological polar surface area (TPSA) is 114 Å². The summed E-state index contributed by atoms with van der Waals surface area (Å²) in [5.74, 6) is -0.580. The smallest absolute Gasteiger partial charge is 0.254 e. The molecule has 0 aromatic heterocycles. The van der Waals surface area contributed by atoms with Crippen molar-refractivity contribution in [3.8, 4) is 5.75 Å². The quantitative estimate of drug-likeness (QED) is 0.163. The highest BCUT2D eigenvalue weighted by Crippen LogP contribution is 2.52. The molecule has 0 unspecified atom stereocenters. The molecule has 1 heterocycles. The van der Waals surface area contributed by atoms with Gasteiger partial charge in [0.2, 0.25) is 0 Å². The number of hydrogen-bond donors (Lipinski definition) is 5. The summed E-state index contributed by atoms with van der Waals surface area (Å²) < 4.78 is 43.7. The Balaban J connectivity index is 1.59. The van der Waals surface area contributed by atoms with E-state index in [0.717, 1.165) is 28.9 Å². The number of nitrogens with zero attached hydrogens (tertiary/aromatic N) is 1. The number of amides is 1. The number of aliphatic hydroxyl groups is 1. The van der Waals surface area contributed by atoms with Crippen LogP contribution in [0.4, 0.5) is 10.1 Å². The average molecular weight is 614 g/mol. The van der Waals surface area contributed by atoms with E-state index < -0.39 is 40.2 Å². The van der Waals surface area contributed by atoms with E-state index >= 15 is 4.39 Å². The van der Waals surface area contributed by atoms with E-state index in [1.54, 1.807) is 13.2 Å². The summed E-state index contributed by atoms with van der Waals surface area (Å²) in [5.41, 5.74) is 1.93. The number of halogens is 1. The van der Waals surface area contributed by atoms with Gasteiger partial charge in [0.25, 0.3) is 5.91 Å². The van der Waals surface area contributed by atoms with E-state index in [2.05, 4.69) is 10.6 Å². The summed E-state index contributed by atoms with van der Waals surface area (Å²) >= 11 is 0. The standard InChI is InChI=1S/C33H44FN3O5S/c1-5-11-24-18-27(31(34)29(20-24)37-16-10-17-43(37,40)41)32(39)36-28(19-23-12-7-6-8-13-23)30(38)22-35-33(2,3)25-14-9-15-26(21-25)42-4/h6-9,12-15,18,20-21,28,30,35,38,40-41H,5,10-11,16-17,19,22H2,1-4H3,(H,36,39)/t28-,30+/m0/s1. The molecule has 234 valence electrons. The molecule has 0 spiro atoms. The van der Waals surface area contributed by atoms with Gasteiger partial charge in [-0.1, -0.05) is 55.8 Å². The molecule has 0 aliphatic carbocycles. The van der Waals surface area contributed by atoms with Crippen LogP contribution in [0.5, 0.6) is 5.75 Å². The Morgan fingerprint density at radius 3 is 2.49 bits per heavy atom. The zero-order valence-corrected chi connectivity index (χ0v) is 26.2. The minimum Gasteiger partial charge on any atom is -0.497 e. The highest BCUT2D eigenvalue weighted by Gasteiger charge is 2.34. The van der Waals surface area contributed by atoms with Gasteiger partial charge in [-0.05, 0) is 74.1 Å². The predicted molar refractivity (Wildman–Crippen MR) is 172 cm³/mol. The van der Waals surface area contributed by atoms with Crippen molar-refractivity contribution in [3.63, 3.8) is 0 Å².